The van der Waals surface area contributed by atoms with Crippen molar-refractivity contribution in [2.24, 2.45) is 11.8 Å². The zero-order chi connectivity index (χ0) is 15.4. The number of carbonyl (C=O) groups excluding carboxylic acids is 1. The Kier molecular flexibility index (Phi) is 5.65. The van der Waals surface area contributed by atoms with E-state index >= 15 is 0 Å². The van der Waals surface area contributed by atoms with Gasteiger partial charge in [0, 0.05) is 24.7 Å². The lowest BCUT2D eigenvalue weighted by atomic mass is 9.92. The summed E-state index contributed by atoms with van der Waals surface area (Å²) in [7, 11) is 1.99. The molecule has 2 atom stereocenters. The van der Waals surface area contributed by atoms with Crippen molar-refractivity contribution in [2.75, 3.05) is 26.7 Å². The van der Waals surface area contributed by atoms with Gasteiger partial charge in [-0.1, -0.05) is 37.6 Å². The highest BCUT2D eigenvalue weighted by Crippen LogP contribution is 2.21. The van der Waals surface area contributed by atoms with Gasteiger partial charge in [0.15, 0.2) is 0 Å². The number of hydrogen-bond acceptors (Lipinski definition) is 2. The van der Waals surface area contributed by atoms with Gasteiger partial charge in [0.25, 0.3) is 0 Å². The Morgan fingerprint density at radius 2 is 1.81 bits per heavy atom. The van der Waals surface area contributed by atoms with Gasteiger partial charge in [0.05, 0.1) is 6.54 Å². The van der Waals surface area contributed by atoms with Crippen LogP contribution in [-0.2, 0) is 11.3 Å². The SMILES string of the molecule is CC1CC(C)CN(C(=O)CN(C)Cc2ccc(Cl)cc2)C1. The zero-order valence-corrected chi connectivity index (χ0v) is 13.9. The lowest BCUT2D eigenvalue weighted by molar-refractivity contribution is -0.134. The van der Waals surface area contributed by atoms with Crippen molar-refractivity contribution in [3.63, 3.8) is 0 Å². The second-order valence-electron chi connectivity index (χ2n) is 6.54. The minimum absolute atomic E-state index is 0.241. The van der Waals surface area contributed by atoms with E-state index in [9.17, 15) is 4.79 Å². The van der Waals surface area contributed by atoms with Crippen LogP contribution in [0.15, 0.2) is 24.3 Å². The molecule has 1 fully saturated rings. The fourth-order valence-electron chi connectivity index (χ4n) is 3.15. The number of likely N-dealkylation sites (N-methyl/N-ethyl adjacent to an activating group) is 1. The van der Waals surface area contributed by atoms with Gasteiger partial charge in [-0.25, -0.2) is 0 Å². The molecule has 2 rings (SSSR count). The monoisotopic (exact) mass is 308 g/mol. The van der Waals surface area contributed by atoms with Gasteiger partial charge in [-0.05, 0) is 43.0 Å². The van der Waals surface area contributed by atoms with Gasteiger partial charge in [-0.3, -0.25) is 9.69 Å². The summed E-state index contributed by atoms with van der Waals surface area (Å²) < 4.78 is 0. The number of halogens is 1. The molecule has 3 nitrogen and oxygen atoms in total. The summed E-state index contributed by atoms with van der Waals surface area (Å²) >= 11 is 5.89. The fourth-order valence-corrected chi connectivity index (χ4v) is 3.28. The van der Waals surface area contributed by atoms with Crippen LogP contribution < -0.4 is 0 Å². The van der Waals surface area contributed by atoms with Crippen LogP contribution >= 0.6 is 11.6 Å². The normalized spacial score (nSPS) is 22.6. The first kappa shape index (κ1) is 16.3. The molecule has 116 valence electrons. The standard InChI is InChI=1S/C17H25ClN2O/c1-13-8-14(2)10-20(9-13)17(21)12-19(3)11-15-4-6-16(18)7-5-15/h4-7,13-14H,8-12H2,1-3H3. The molecule has 1 amide bonds. The first-order valence-corrected chi connectivity index (χ1v) is 8.02. The molecule has 0 bridgehead atoms. The van der Waals surface area contributed by atoms with E-state index < -0.39 is 0 Å². The highest BCUT2D eigenvalue weighted by molar-refractivity contribution is 6.30. The van der Waals surface area contributed by atoms with E-state index in [-0.39, 0.29) is 5.91 Å². The first-order chi connectivity index (χ1) is 9.94. The molecule has 0 aromatic heterocycles. The molecule has 2 unspecified atom stereocenters. The summed E-state index contributed by atoms with van der Waals surface area (Å²) in [6.45, 7) is 7.50. The van der Waals surface area contributed by atoms with Crippen LogP contribution in [0.4, 0.5) is 0 Å². The van der Waals surface area contributed by atoms with Gasteiger partial charge in [-0.15, -0.1) is 0 Å². The van der Waals surface area contributed by atoms with E-state index in [1.54, 1.807) is 0 Å². The number of hydrogen-bond donors (Lipinski definition) is 0. The molecule has 0 N–H and O–H groups in total. The maximum atomic E-state index is 12.4. The van der Waals surface area contributed by atoms with Gasteiger partial charge in [-0.2, -0.15) is 0 Å². The highest BCUT2D eigenvalue weighted by atomic mass is 35.5. The maximum Gasteiger partial charge on any atom is 0.236 e. The summed E-state index contributed by atoms with van der Waals surface area (Å²) in [5, 5.41) is 0.744. The summed E-state index contributed by atoms with van der Waals surface area (Å²) in [6, 6.07) is 7.80. The third-order valence-corrected chi connectivity index (χ3v) is 4.24. The van der Waals surface area contributed by atoms with Crippen LogP contribution in [0.25, 0.3) is 0 Å². The summed E-state index contributed by atoms with van der Waals surface area (Å²) in [4.78, 5) is 16.5. The van der Waals surface area contributed by atoms with Gasteiger partial charge >= 0.3 is 0 Å². The van der Waals surface area contributed by atoms with Crippen LogP contribution in [0.1, 0.15) is 25.8 Å². The smallest absolute Gasteiger partial charge is 0.236 e. The van der Waals surface area contributed by atoms with Crippen molar-refractivity contribution in [2.45, 2.75) is 26.8 Å². The van der Waals surface area contributed by atoms with E-state index in [0.29, 0.717) is 18.4 Å². The number of likely N-dealkylation sites (tertiary alicyclic amines) is 1. The van der Waals surface area contributed by atoms with Crippen molar-refractivity contribution in [3.8, 4) is 0 Å². The molecular formula is C17H25ClN2O. The molecule has 1 saturated heterocycles. The van der Waals surface area contributed by atoms with Crippen molar-refractivity contribution in [1.82, 2.24) is 9.80 Å². The Hall–Kier alpha value is -1.06. The van der Waals surface area contributed by atoms with Crippen LogP contribution in [0.2, 0.25) is 5.02 Å². The molecule has 21 heavy (non-hydrogen) atoms. The molecule has 4 heteroatoms. The van der Waals surface area contributed by atoms with Gasteiger partial charge in [0.1, 0.15) is 0 Å². The number of carbonyl (C=O) groups is 1. The predicted octanol–water partition coefficient (Wildman–Crippen LogP) is 3.28. The molecule has 1 aromatic rings. The number of piperidine rings is 1. The lowest BCUT2D eigenvalue weighted by Crippen LogP contribution is -2.46. The van der Waals surface area contributed by atoms with Crippen LogP contribution in [-0.4, -0.2) is 42.4 Å². The zero-order valence-electron chi connectivity index (χ0n) is 13.2. The second-order valence-corrected chi connectivity index (χ2v) is 6.98. The highest BCUT2D eigenvalue weighted by Gasteiger charge is 2.25. The Bertz CT molecular complexity index is 464. The predicted molar refractivity (Wildman–Crippen MR) is 87.3 cm³/mol. The van der Waals surface area contributed by atoms with Crippen molar-refractivity contribution in [3.05, 3.63) is 34.9 Å². The maximum absolute atomic E-state index is 12.4. The Labute approximate surface area is 132 Å². The van der Waals surface area contributed by atoms with Gasteiger partial charge < -0.3 is 4.90 Å². The van der Waals surface area contributed by atoms with Crippen LogP contribution in [0, 0.1) is 11.8 Å². The summed E-state index contributed by atoms with van der Waals surface area (Å²) in [6.07, 6.45) is 1.23. The third kappa shape index (κ3) is 5.01. The molecule has 0 spiro atoms. The van der Waals surface area contributed by atoms with E-state index in [2.05, 4.69) is 18.7 Å². The van der Waals surface area contributed by atoms with E-state index in [1.165, 1.54) is 12.0 Å². The molecule has 0 saturated carbocycles. The largest absolute Gasteiger partial charge is 0.341 e. The summed E-state index contributed by atoms with van der Waals surface area (Å²) in [5.74, 6) is 1.46. The van der Waals surface area contributed by atoms with E-state index in [0.717, 1.165) is 24.7 Å². The lowest BCUT2D eigenvalue weighted by Gasteiger charge is -2.35. The molecule has 1 aromatic carbocycles. The topological polar surface area (TPSA) is 23.6 Å². The van der Waals surface area contributed by atoms with Crippen molar-refractivity contribution in [1.29, 1.82) is 0 Å². The number of nitrogens with zero attached hydrogens (tertiary/aromatic N) is 2. The summed E-state index contributed by atoms with van der Waals surface area (Å²) in [5.41, 5.74) is 1.18. The quantitative estimate of drug-likeness (QED) is 0.852. The Morgan fingerprint density at radius 3 is 2.38 bits per heavy atom. The first-order valence-electron chi connectivity index (χ1n) is 7.65. The van der Waals surface area contributed by atoms with Crippen LogP contribution in [0.5, 0.6) is 0 Å². The van der Waals surface area contributed by atoms with Gasteiger partial charge in [0.2, 0.25) is 5.91 Å². The Morgan fingerprint density at radius 1 is 1.24 bits per heavy atom. The Balaban J connectivity index is 1.85. The molecular weight excluding hydrogens is 284 g/mol. The molecule has 1 aliphatic rings. The molecule has 1 heterocycles. The van der Waals surface area contributed by atoms with E-state index in [4.69, 9.17) is 11.6 Å². The number of benzene rings is 1. The number of amides is 1. The molecule has 1 aliphatic heterocycles. The average Bonchev–Trinajstić information content (AvgIpc) is 2.40. The molecule has 0 aliphatic carbocycles. The third-order valence-electron chi connectivity index (χ3n) is 3.99. The minimum atomic E-state index is 0.241. The van der Waals surface area contributed by atoms with Crippen molar-refractivity contribution >= 4 is 17.5 Å². The number of rotatable bonds is 4. The molecule has 0 radical (unpaired) electrons. The minimum Gasteiger partial charge on any atom is -0.341 e. The second kappa shape index (κ2) is 7.28. The van der Waals surface area contributed by atoms with Crippen LogP contribution in [0.3, 0.4) is 0 Å². The average molecular weight is 309 g/mol. The fraction of sp³-hybridized carbons (Fsp3) is 0.588. The van der Waals surface area contributed by atoms with Crippen molar-refractivity contribution < 1.29 is 4.79 Å². The van der Waals surface area contributed by atoms with E-state index in [1.807, 2.05) is 36.2 Å².